The summed E-state index contributed by atoms with van der Waals surface area (Å²) in [7, 11) is 0. The van der Waals surface area contributed by atoms with Gasteiger partial charge in [-0.05, 0) is 50.8 Å². The molecule has 2 N–H and O–H groups in total. The van der Waals surface area contributed by atoms with Gasteiger partial charge in [0.1, 0.15) is 0 Å². The molecule has 1 aromatic carbocycles. The fraction of sp³-hybridized carbons (Fsp3) is 0.600. The molecule has 2 amide bonds. The molecule has 1 aromatic rings. The molecule has 1 atom stereocenters. The molecule has 7 nitrogen and oxygen atoms in total. The lowest BCUT2D eigenvalue weighted by atomic mass is 10.1. The Labute approximate surface area is 172 Å². The van der Waals surface area contributed by atoms with Gasteiger partial charge in [-0.2, -0.15) is 0 Å². The van der Waals surface area contributed by atoms with Gasteiger partial charge < -0.3 is 25.0 Å². The number of benzene rings is 1. The molecule has 0 saturated carbocycles. The van der Waals surface area contributed by atoms with Crippen molar-refractivity contribution in [3.05, 3.63) is 23.8 Å². The van der Waals surface area contributed by atoms with Gasteiger partial charge in [-0.1, -0.05) is 0 Å². The first-order chi connectivity index (χ1) is 13.1. The lowest BCUT2D eigenvalue weighted by molar-refractivity contribution is -0.134. The average molecular weight is 412 g/mol. The minimum atomic E-state index is -0.0557. The third-order valence-electron chi connectivity index (χ3n) is 5.06. The Morgan fingerprint density at radius 3 is 2.46 bits per heavy atom. The first-order valence-electron chi connectivity index (χ1n) is 9.80. The van der Waals surface area contributed by atoms with E-state index in [0.29, 0.717) is 36.8 Å². The molecule has 2 fully saturated rings. The highest BCUT2D eigenvalue weighted by atomic mass is 35.5. The number of nitrogens with two attached hydrogens (primary N) is 1. The van der Waals surface area contributed by atoms with Gasteiger partial charge in [0.05, 0.1) is 6.61 Å². The predicted molar refractivity (Wildman–Crippen MR) is 109 cm³/mol. The van der Waals surface area contributed by atoms with Crippen LogP contribution >= 0.6 is 12.4 Å². The number of nitrogens with zero attached hydrogens (tertiary/aromatic N) is 2. The Morgan fingerprint density at radius 1 is 1.07 bits per heavy atom. The standard InChI is InChI=1S/C20H29N3O4.ClH/c1-2-26-18-12-15(20(25)23-11-8-16(21)13-23)6-7-17(18)27-14-19(24)22-9-4-3-5-10-22;/h6-7,12,16H,2-5,8-11,13-14,21H2,1H3;1H/t16-;/m1./s1. The molecular formula is C20H30ClN3O4. The maximum Gasteiger partial charge on any atom is 0.260 e. The third-order valence-corrected chi connectivity index (χ3v) is 5.06. The lowest BCUT2D eigenvalue weighted by Gasteiger charge is -2.26. The second kappa shape index (κ2) is 10.5. The predicted octanol–water partition coefficient (Wildman–Crippen LogP) is 2.07. The van der Waals surface area contributed by atoms with Gasteiger partial charge in [0.25, 0.3) is 11.8 Å². The summed E-state index contributed by atoms with van der Waals surface area (Å²) in [5, 5.41) is 0. The van der Waals surface area contributed by atoms with Crippen LogP contribution < -0.4 is 15.2 Å². The molecule has 0 spiro atoms. The number of carbonyl (C=O) groups excluding carboxylic acids is 2. The van der Waals surface area contributed by atoms with Crippen LogP contribution in [0.25, 0.3) is 0 Å². The van der Waals surface area contributed by atoms with Gasteiger partial charge in [0.2, 0.25) is 0 Å². The Hall–Kier alpha value is -1.99. The highest BCUT2D eigenvalue weighted by Gasteiger charge is 2.25. The lowest BCUT2D eigenvalue weighted by Crippen LogP contribution is -2.38. The maximum atomic E-state index is 12.6. The van der Waals surface area contributed by atoms with Crippen molar-refractivity contribution in [2.45, 2.75) is 38.6 Å². The molecule has 0 radical (unpaired) electrons. The van der Waals surface area contributed by atoms with Crippen molar-refractivity contribution in [2.75, 3.05) is 39.4 Å². The van der Waals surface area contributed by atoms with Crippen molar-refractivity contribution in [3.63, 3.8) is 0 Å². The number of piperidine rings is 1. The summed E-state index contributed by atoms with van der Waals surface area (Å²) in [4.78, 5) is 28.6. The zero-order valence-electron chi connectivity index (χ0n) is 16.4. The van der Waals surface area contributed by atoms with E-state index < -0.39 is 0 Å². The van der Waals surface area contributed by atoms with E-state index in [1.165, 1.54) is 6.42 Å². The Balaban J connectivity index is 0.00000280. The number of likely N-dealkylation sites (tertiary alicyclic amines) is 2. The number of rotatable bonds is 6. The minimum absolute atomic E-state index is 0. The highest BCUT2D eigenvalue weighted by Crippen LogP contribution is 2.29. The van der Waals surface area contributed by atoms with E-state index in [-0.39, 0.29) is 36.9 Å². The SMILES string of the molecule is CCOc1cc(C(=O)N2CC[C@@H](N)C2)ccc1OCC(=O)N1CCCCC1.Cl. The van der Waals surface area contributed by atoms with E-state index in [1.54, 1.807) is 23.1 Å². The molecule has 3 rings (SSSR count). The molecule has 0 aliphatic carbocycles. The first-order valence-corrected chi connectivity index (χ1v) is 9.80. The summed E-state index contributed by atoms with van der Waals surface area (Å²) in [5.74, 6) is 0.901. The number of carbonyl (C=O) groups is 2. The average Bonchev–Trinajstić information content (AvgIpc) is 3.13. The molecule has 0 bridgehead atoms. The molecule has 2 aliphatic heterocycles. The molecule has 28 heavy (non-hydrogen) atoms. The Bertz CT molecular complexity index is 679. The van der Waals surface area contributed by atoms with E-state index in [1.807, 2.05) is 11.8 Å². The van der Waals surface area contributed by atoms with Gasteiger partial charge >= 0.3 is 0 Å². The van der Waals surface area contributed by atoms with Gasteiger partial charge in [-0.3, -0.25) is 9.59 Å². The van der Waals surface area contributed by atoms with Gasteiger partial charge in [-0.15, -0.1) is 12.4 Å². The summed E-state index contributed by atoms with van der Waals surface area (Å²) < 4.78 is 11.4. The van der Waals surface area contributed by atoms with Crippen LogP contribution in [-0.4, -0.2) is 67.0 Å². The summed E-state index contributed by atoms with van der Waals surface area (Å²) >= 11 is 0. The Morgan fingerprint density at radius 2 is 1.82 bits per heavy atom. The van der Waals surface area contributed by atoms with Crippen molar-refractivity contribution in [1.29, 1.82) is 0 Å². The van der Waals surface area contributed by atoms with Crippen LogP contribution in [0.2, 0.25) is 0 Å². The number of amides is 2. The van der Waals surface area contributed by atoms with Crippen molar-refractivity contribution < 1.29 is 19.1 Å². The summed E-state index contributed by atoms with van der Waals surface area (Å²) in [5.41, 5.74) is 6.44. The fourth-order valence-corrected chi connectivity index (χ4v) is 3.56. The van der Waals surface area contributed by atoms with Crippen LogP contribution in [0, 0.1) is 0 Å². The molecular weight excluding hydrogens is 382 g/mol. The second-order valence-corrected chi connectivity index (χ2v) is 7.12. The third kappa shape index (κ3) is 5.52. The van der Waals surface area contributed by atoms with Gasteiger partial charge in [0, 0.05) is 37.8 Å². The number of hydrogen-bond acceptors (Lipinski definition) is 5. The smallest absolute Gasteiger partial charge is 0.260 e. The number of hydrogen-bond donors (Lipinski definition) is 1. The maximum absolute atomic E-state index is 12.6. The van der Waals surface area contributed by atoms with Crippen LogP contribution in [0.1, 0.15) is 43.0 Å². The van der Waals surface area contributed by atoms with Crippen LogP contribution in [-0.2, 0) is 4.79 Å². The Kier molecular flexibility index (Phi) is 8.38. The van der Waals surface area contributed by atoms with Crippen LogP contribution in [0.3, 0.4) is 0 Å². The van der Waals surface area contributed by atoms with Crippen LogP contribution in [0.5, 0.6) is 11.5 Å². The number of halogens is 1. The molecule has 2 heterocycles. The summed E-state index contributed by atoms with van der Waals surface area (Å²) in [6, 6.07) is 5.16. The molecule has 8 heteroatoms. The van der Waals surface area contributed by atoms with E-state index in [9.17, 15) is 9.59 Å². The second-order valence-electron chi connectivity index (χ2n) is 7.12. The van der Waals surface area contributed by atoms with Gasteiger partial charge in [0.15, 0.2) is 18.1 Å². The monoisotopic (exact) mass is 411 g/mol. The minimum Gasteiger partial charge on any atom is -0.490 e. The summed E-state index contributed by atoms with van der Waals surface area (Å²) in [6.07, 6.45) is 4.10. The molecule has 2 aliphatic rings. The quantitative estimate of drug-likeness (QED) is 0.774. The van der Waals surface area contributed by atoms with Crippen LogP contribution in [0.15, 0.2) is 18.2 Å². The first kappa shape index (κ1) is 22.3. The fourth-order valence-electron chi connectivity index (χ4n) is 3.56. The molecule has 2 saturated heterocycles. The van der Waals surface area contributed by atoms with Crippen molar-refractivity contribution >= 4 is 24.2 Å². The largest absolute Gasteiger partial charge is 0.490 e. The van der Waals surface area contributed by atoms with Crippen molar-refractivity contribution in [2.24, 2.45) is 5.73 Å². The van der Waals surface area contributed by atoms with E-state index in [4.69, 9.17) is 15.2 Å². The topological polar surface area (TPSA) is 85.1 Å². The van der Waals surface area contributed by atoms with Gasteiger partial charge in [-0.25, -0.2) is 0 Å². The molecule has 156 valence electrons. The normalized spacial score (nSPS) is 19.1. The van der Waals surface area contributed by atoms with E-state index in [2.05, 4.69) is 0 Å². The highest BCUT2D eigenvalue weighted by molar-refractivity contribution is 5.95. The van der Waals surface area contributed by atoms with Crippen molar-refractivity contribution in [1.82, 2.24) is 9.80 Å². The molecule has 0 aromatic heterocycles. The zero-order chi connectivity index (χ0) is 19.2. The summed E-state index contributed by atoms with van der Waals surface area (Å²) in [6.45, 7) is 5.14. The van der Waals surface area contributed by atoms with Crippen LogP contribution in [0.4, 0.5) is 0 Å². The van der Waals surface area contributed by atoms with E-state index in [0.717, 1.165) is 32.4 Å². The molecule has 0 unspecified atom stereocenters. The van der Waals surface area contributed by atoms with E-state index >= 15 is 0 Å². The van der Waals surface area contributed by atoms with Crippen molar-refractivity contribution in [3.8, 4) is 11.5 Å². The zero-order valence-corrected chi connectivity index (χ0v) is 17.2. The number of ether oxygens (including phenoxy) is 2.